The van der Waals surface area contributed by atoms with E-state index in [0.717, 1.165) is 35.1 Å². The molecule has 2 atom stereocenters. The third kappa shape index (κ3) is 4.90. The topological polar surface area (TPSA) is 53.0 Å². The molecule has 33 heavy (non-hydrogen) atoms. The fraction of sp³-hybridized carbons (Fsp3) is 0.667. The van der Waals surface area contributed by atoms with Crippen LogP contribution in [0.15, 0.2) is 35.1 Å². The molecule has 1 aliphatic heterocycles. The van der Waals surface area contributed by atoms with Gasteiger partial charge in [-0.25, -0.2) is 0 Å². The molecule has 3 rings (SSSR count). The predicted octanol–water partition coefficient (Wildman–Crippen LogP) is 7.90. The largest absolute Gasteiger partial charge is 0.508 e. The molecule has 184 valence electrons. The number of rotatable bonds is 3. The van der Waals surface area contributed by atoms with Crippen LogP contribution >= 0.6 is 0 Å². The van der Waals surface area contributed by atoms with E-state index in [0.29, 0.717) is 11.5 Å². The zero-order valence-corrected chi connectivity index (χ0v) is 23.0. The van der Waals surface area contributed by atoms with Gasteiger partial charge in [-0.1, -0.05) is 95.2 Å². The molecule has 3 heteroatoms. The van der Waals surface area contributed by atoms with Gasteiger partial charge in [-0.15, -0.1) is 0 Å². The van der Waals surface area contributed by atoms with Crippen molar-refractivity contribution in [2.24, 2.45) is 10.8 Å². The van der Waals surface area contributed by atoms with Gasteiger partial charge in [0.15, 0.2) is 0 Å². The van der Waals surface area contributed by atoms with E-state index in [2.05, 4.69) is 101 Å². The van der Waals surface area contributed by atoms with Crippen molar-refractivity contribution in [2.75, 3.05) is 0 Å². The second-order valence-electron chi connectivity index (χ2n) is 14.3. The number of aliphatic hydroxyl groups is 1. The van der Waals surface area contributed by atoms with Crippen molar-refractivity contribution in [3.05, 3.63) is 51.8 Å². The average molecular weight is 455 g/mol. The summed E-state index contributed by atoms with van der Waals surface area (Å²) < 4.78 is 6.40. The molecule has 2 aliphatic rings. The fourth-order valence-corrected chi connectivity index (χ4v) is 5.08. The van der Waals surface area contributed by atoms with Gasteiger partial charge in [-0.2, -0.15) is 0 Å². The molecular weight excluding hydrogens is 408 g/mol. The number of fused-ring (bicyclic) bond motifs is 1. The van der Waals surface area contributed by atoms with Gasteiger partial charge in [0.2, 0.25) is 0 Å². The lowest BCUT2D eigenvalue weighted by Crippen LogP contribution is -2.30. The van der Waals surface area contributed by atoms with E-state index in [9.17, 15) is 10.2 Å². The number of phenolic OH excluding ortho intramolecular Hbond substituents is 1. The summed E-state index contributed by atoms with van der Waals surface area (Å²) in [4.78, 5) is 0. The fourth-order valence-electron chi connectivity index (χ4n) is 5.08. The van der Waals surface area contributed by atoms with Crippen molar-refractivity contribution in [3.8, 4) is 5.75 Å². The lowest BCUT2D eigenvalue weighted by molar-refractivity contribution is 0.314. The number of hydrogen-bond acceptors (Lipinski definition) is 3. The lowest BCUT2D eigenvalue weighted by Gasteiger charge is -2.33. The Balaban J connectivity index is 2.01. The molecule has 2 unspecified atom stereocenters. The van der Waals surface area contributed by atoms with E-state index in [4.69, 9.17) is 4.74 Å². The smallest absolute Gasteiger partial charge is 0.123 e. The molecule has 0 aromatic heterocycles. The molecular formula is C30H46O3. The molecule has 1 heterocycles. The van der Waals surface area contributed by atoms with Gasteiger partial charge in [-0.3, -0.25) is 0 Å². The molecule has 1 aromatic rings. The van der Waals surface area contributed by atoms with Crippen LogP contribution in [-0.2, 0) is 22.0 Å². The number of aryl methyl sites for hydroxylation is 1. The highest BCUT2D eigenvalue weighted by molar-refractivity contribution is 5.52. The first-order valence-corrected chi connectivity index (χ1v) is 12.4. The minimum absolute atomic E-state index is 0.0649. The first kappa shape index (κ1) is 25.9. The second-order valence-corrected chi connectivity index (χ2v) is 14.3. The van der Waals surface area contributed by atoms with E-state index >= 15 is 0 Å². The minimum atomic E-state index is -0.362. The van der Waals surface area contributed by atoms with E-state index in [1.807, 2.05) is 0 Å². The van der Waals surface area contributed by atoms with Gasteiger partial charge in [-0.05, 0) is 62.8 Å². The maximum Gasteiger partial charge on any atom is 0.123 e. The van der Waals surface area contributed by atoms with Crippen LogP contribution in [0.1, 0.15) is 106 Å². The summed E-state index contributed by atoms with van der Waals surface area (Å²) in [7, 11) is 0. The Labute approximate surface area is 202 Å². The van der Waals surface area contributed by atoms with Crippen LogP contribution in [0.3, 0.4) is 0 Å². The highest BCUT2D eigenvalue weighted by atomic mass is 16.6. The number of epoxide rings is 1. The Morgan fingerprint density at radius 2 is 1.24 bits per heavy atom. The first-order valence-electron chi connectivity index (χ1n) is 12.4. The van der Waals surface area contributed by atoms with Crippen LogP contribution in [0.25, 0.3) is 0 Å². The van der Waals surface area contributed by atoms with Crippen LogP contribution < -0.4 is 0 Å². The predicted molar refractivity (Wildman–Crippen MR) is 138 cm³/mol. The number of hydrogen-bond donors (Lipinski definition) is 2. The summed E-state index contributed by atoms with van der Waals surface area (Å²) in [5.74, 6) is 0.843. The standard InChI is InChI=1S/C30H46O3/c1-26(2,3)19-15-18(16-20(23(19)31)27(4,5)6)13-14-30-17-21(28(7,8)9)24(32)22(25(30)33-30)29(10,11)12/h15-17,25,31-32H,13-14H2,1-12H3. The van der Waals surface area contributed by atoms with Crippen molar-refractivity contribution < 1.29 is 14.9 Å². The summed E-state index contributed by atoms with van der Waals surface area (Å²) in [6, 6.07) is 4.35. The van der Waals surface area contributed by atoms with Crippen molar-refractivity contribution in [1.82, 2.24) is 0 Å². The van der Waals surface area contributed by atoms with Crippen LogP contribution in [0, 0.1) is 10.8 Å². The van der Waals surface area contributed by atoms with Gasteiger partial charge < -0.3 is 14.9 Å². The number of aromatic hydroxyl groups is 1. The summed E-state index contributed by atoms with van der Waals surface area (Å²) in [5.41, 5.74) is 4.25. The Kier molecular flexibility index (Phi) is 5.98. The molecule has 2 N–H and O–H groups in total. The first-order chi connectivity index (χ1) is 14.7. The van der Waals surface area contributed by atoms with Gasteiger partial charge in [0.25, 0.3) is 0 Å². The van der Waals surface area contributed by atoms with Gasteiger partial charge in [0.05, 0.1) is 0 Å². The SMILES string of the molecule is CC(C)(C)C1=CC2(CCc3cc(C(C)(C)C)c(O)c(C(C)(C)C)c3)OC2C(C(C)(C)C)=C1O. The minimum Gasteiger partial charge on any atom is -0.508 e. The van der Waals surface area contributed by atoms with E-state index in [1.165, 1.54) is 5.56 Å². The molecule has 0 spiro atoms. The van der Waals surface area contributed by atoms with Crippen LogP contribution in [0.4, 0.5) is 0 Å². The molecule has 0 saturated carbocycles. The Morgan fingerprint density at radius 1 is 0.758 bits per heavy atom. The van der Waals surface area contributed by atoms with Crippen molar-refractivity contribution in [2.45, 2.75) is 118 Å². The molecule has 0 amide bonds. The second kappa shape index (κ2) is 7.63. The van der Waals surface area contributed by atoms with E-state index in [-0.39, 0.29) is 33.4 Å². The Hall–Kier alpha value is -1.74. The lowest BCUT2D eigenvalue weighted by atomic mass is 9.70. The zero-order chi connectivity index (χ0) is 25.4. The van der Waals surface area contributed by atoms with Crippen molar-refractivity contribution in [3.63, 3.8) is 0 Å². The van der Waals surface area contributed by atoms with Crippen molar-refractivity contribution >= 4 is 0 Å². The van der Waals surface area contributed by atoms with Gasteiger partial charge >= 0.3 is 0 Å². The number of phenols is 1. The molecule has 1 aliphatic carbocycles. The van der Waals surface area contributed by atoms with Crippen LogP contribution in [0.5, 0.6) is 5.75 Å². The van der Waals surface area contributed by atoms with Crippen molar-refractivity contribution in [1.29, 1.82) is 0 Å². The van der Waals surface area contributed by atoms with Gasteiger partial charge in [0.1, 0.15) is 23.2 Å². The normalized spacial score (nSPS) is 24.0. The third-order valence-electron chi connectivity index (χ3n) is 7.09. The Morgan fingerprint density at radius 3 is 1.64 bits per heavy atom. The maximum atomic E-state index is 11.2. The highest BCUT2D eigenvalue weighted by Gasteiger charge is 2.61. The van der Waals surface area contributed by atoms with Crippen LogP contribution in [0.2, 0.25) is 0 Å². The van der Waals surface area contributed by atoms with Crippen LogP contribution in [-0.4, -0.2) is 21.9 Å². The number of ether oxygens (including phenoxy) is 1. The highest BCUT2D eigenvalue weighted by Crippen LogP contribution is 2.57. The molecule has 1 fully saturated rings. The summed E-state index contributed by atoms with van der Waals surface area (Å²) >= 11 is 0. The average Bonchev–Trinajstić information content (AvgIpc) is 3.30. The molecule has 1 saturated heterocycles. The summed E-state index contributed by atoms with van der Waals surface area (Å²) in [6.07, 6.45) is 3.83. The number of allylic oxidation sites excluding steroid dienone is 1. The molecule has 3 nitrogen and oxygen atoms in total. The third-order valence-corrected chi connectivity index (χ3v) is 7.09. The molecule has 0 bridgehead atoms. The summed E-state index contributed by atoms with van der Waals surface area (Å²) in [5, 5.41) is 22.3. The molecule has 0 radical (unpaired) electrons. The maximum absolute atomic E-state index is 11.2. The molecule has 1 aromatic carbocycles. The number of benzene rings is 1. The number of aliphatic hydroxyl groups excluding tert-OH is 1. The Bertz CT molecular complexity index is 962. The monoisotopic (exact) mass is 454 g/mol. The van der Waals surface area contributed by atoms with Gasteiger partial charge in [0, 0.05) is 5.57 Å². The summed E-state index contributed by atoms with van der Waals surface area (Å²) in [6.45, 7) is 25.8. The van der Waals surface area contributed by atoms with E-state index < -0.39 is 0 Å². The zero-order valence-electron chi connectivity index (χ0n) is 23.0. The quantitative estimate of drug-likeness (QED) is 0.456. The van der Waals surface area contributed by atoms with E-state index in [1.54, 1.807) is 0 Å².